The van der Waals surface area contributed by atoms with Crippen molar-refractivity contribution in [1.82, 2.24) is 0 Å². The Bertz CT molecular complexity index is 517. The van der Waals surface area contributed by atoms with Crippen molar-refractivity contribution in [2.24, 2.45) is 0 Å². The quantitative estimate of drug-likeness (QED) is 0.482. The average molecular weight is 280 g/mol. The van der Waals surface area contributed by atoms with E-state index in [9.17, 15) is 10.1 Å². The fourth-order valence-electron chi connectivity index (χ4n) is 1.99. The second-order valence-corrected chi connectivity index (χ2v) is 5.12. The van der Waals surface area contributed by atoms with Gasteiger partial charge in [-0.05, 0) is 29.7 Å². The van der Waals surface area contributed by atoms with Gasteiger partial charge in [0, 0.05) is 19.4 Å². The second-order valence-electron chi connectivity index (χ2n) is 4.21. The van der Waals surface area contributed by atoms with E-state index in [2.05, 4.69) is 6.08 Å². The molecule has 0 radical (unpaired) electrons. The Hall–Kier alpha value is -1.53. The molecule has 0 saturated carbocycles. The lowest BCUT2D eigenvalue weighted by molar-refractivity contribution is -0.384. The van der Waals surface area contributed by atoms with Gasteiger partial charge >= 0.3 is 0 Å². The van der Waals surface area contributed by atoms with Crippen molar-refractivity contribution in [3.8, 4) is 0 Å². The van der Waals surface area contributed by atoms with Crippen LogP contribution >= 0.6 is 11.9 Å². The van der Waals surface area contributed by atoms with E-state index in [1.165, 1.54) is 11.9 Å². The second kappa shape index (κ2) is 6.08. The third-order valence-corrected chi connectivity index (χ3v) is 3.81. The zero-order valence-electron chi connectivity index (χ0n) is 11.0. The normalized spacial score (nSPS) is 14.9. The van der Waals surface area contributed by atoms with Crippen LogP contribution in [-0.4, -0.2) is 31.4 Å². The van der Waals surface area contributed by atoms with E-state index in [4.69, 9.17) is 4.74 Å². The molecule has 102 valence electrons. The molecule has 1 heterocycles. The smallest absolute Gasteiger partial charge is 0.293 e. The maximum absolute atomic E-state index is 11.1. The van der Waals surface area contributed by atoms with Gasteiger partial charge in [-0.25, -0.2) is 0 Å². The molecular weight excluding hydrogens is 264 g/mol. The fourth-order valence-corrected chi connectivity index (χ4v) is 2.33. The van der Waals surface area contributed by atoms with Gasteiger partial charge in [0.05, 0.1) is 18.1 Å². The van der Waals surface area contributed by atoms with E-state index in [1.807, 2.05) is 19.4 Å². The highest BCUT2D eigenvalue weighted by Crippen LogP contribution is 2.33. The van der Waals surface area contributed by atoms with E-state index >= 15 is 0 Å². The Labute approximate surface area is 116 Å². The summed E-state index contributed by atoms with van der Waals surface area (Å²) in [5.74, 6) is 0. The van der Waals surface area contributed by atoms with Gasteiger partial charge in [-0.2, -0.15) is 0 Å². The monoisotopic (exact) mass is 280 g/mol. The summed E-state index contributed by atoms with van der Waals surface area (Å²) < 4.78 is 7.22. The number of hydrogen-bond acceptors (Lipinski definition) is 5. The maximum Gasteiger partial charge on any atom is 0.293 e. The number of benzene rings is 1. The first-order chi connectivity index (χ1) is 9.13. The summed E-state index contributed by atoms with van der Waals surface area (Å²) in [5, 5.41) is 11.1. The van der Waals surface area contributed by atoms with Gasteiger partial charge in [0.1, 0.15) is 5.69 Å². The van der Waals surface area contributed by atoms with E-state index < -0.39 is 0 Å². The lowest BCUT2D eigenvalue weighted by Crippen LogP contribution is -2.10. The summed E-state index contributed by atoms with van der Waals surface area (Å²) >= 11 is 1.44. The standard InChI is InChI=1S/C13H16N2O3S/c1-14(19-2)13-8-10(5-6-12(13)15(16)17)11-4-3-7-18-9-11/h4-6,8H,3,7,9H2,1-2H3. The van der Waals surface area contributed by atoms with E-state index in [-0.39, 0.29) is 10.6 Å². The first-order valence-electron chi connectivity index (χ1n) is 5.97. The number of nitrogens with zero attached hydrogens (tertiary/aromatic N) is 2. The molecule has 5 nitrogen and oxygen atoms in total. The molecule has 19 heavy (non-hydrogen) atoms. The molecule has 0 bridgehead atoms. The average Bonchev–Trinajstić information content (AvgIpc) is 2.46. The Morgan fingerprint density at radius 1 is 1.47 bits per heavy atom. The lowest BCUT2D eigenvalue weighted by atomic mass is 10.0. The first-order valence-corrected chi connectivity index (χ1v) is 7.15. The molecule has 1 aromatic carbocycles. The van der Waals surface area contributed by atoms with Gasteiger partial charge in [0.2, 0.25) is 0 Å². The zero-order chi connectivity index (χ0) is 13.8. The number of rotatable bonds is 4. The third-order valence-electron chi connectivity index (χ3n) is 3.07. The minimum Gasteiger partial charge on any atom is -0.376 e. The van der Waals surface area contributed by atoms with Gasteiger partial charge in [-0.1, -0.05) is 18.0 Å². The highest BCUT2D eigenvalue weighted by Gasteiger charge is 2.19. The molecular formula is C13H16N2O3S. The molecule has 0 spiro atoms. The molecule has 0 atom stereocenters. The molecule has 6 heteroatoms. The Kier molecular flexibility index (Phi) is 4.44. The molecule has 2 rings (SSSR count). The number of nitro benzene ring substituents is 1. The third kappa shape index (κ3) is 3.08. The highest BCUT2D eigenvalue weighted by atomic mass is 32.2. The minimum absolute atomic E-state index is 0.123. The number of hydrogen-bond donors (Lipinski definition) is 0. The van der Waals surface area contributed by atoms with Gasteiger partial charge in [-0.3, -0.25) is 10.1 Å². The van der Waals surface area contributed by atoms with Crippen molar-refractivity contribution < 1.29 is 9.66 Å². The summed E-state index contributed by atoms with van der Waals surface area (Å²) in [6, 6.07) is 5.21. The summed E-state index contributed by atoms with van der Waals surface area (Å²) in [5.41, 5.74) is 2.82. The summed E-state index contributed by atoms with van der Waals surface area (Å²) in [4.78, 5) is 10.7. The summed E-state index contributed by atoms with van der Waals surface area (Å²) in [7, 11) is 1.82. The molecule has 1 aliphatic rings. The molecule has 1 aromatic rings. The molecule has 0 aromatic heterocycles. The molecule has 0 saturated heterocycles. The van der Waals surface area contributed by atoms with Crippen LogP contribution in [0, 0.1) is 10.1 Å². The topological polar surface area (TPSA) is 55.6 Å². The van der Waals surface area contributed by atoms with Crippen molar-refractivity contribution in [3.63, 3.8) is 0 Å². The fraction of sp³-hybridized carbons (Fsp3) is 0.385. The largest absolute Gasteiger partial charge is 0.376 e. The van der Waals surface area contributed by atoms with E-state index in [0.717, 1.165) is 24.2 Å². The van der Waals surface area contributed by atoms with Crippen LogP contribution in [0.4, 0.5) is 11.4 Å². The van der Waals surface area contributed by atoms with Crippen LogP contribution in [0.3, 0.4) is 0 Å². The molecule has 0 fully saturated rings. The van der Waals surface area contributed by atoms with Crippen LogP contribution in [0.1, 0.15) is 12.0 Å². The highest BCUT2D eigenvalue weighted by molar-refractivity contribution is 7.99. The number of ether oxygens (including phenoxy) is 1. The summed E-state index contributed by atoms with van der Waals surface area (Å²) in [6.45, 7) is 1.31. The molecule has 0 amide bonds. The zero-order valence-corrected chi connectivity index (χ0v) is 11.8. The van der Waals surface area contributed by atoms with Crippen LogP contribution in [0.5, 0.6) is 0 Å². The van der Waals surface area contributed by atoms with Crippen molar-refractivity contribution in [1.29, 1.82) is 0 Å². The molecule has 0 aliphatic carbocycles. The minimum atomic E-state index is -0.350. The molecule has 1 aliphatic heterocycles. The van der Waals surface area contributed by atoms with Gasteiger partial charge in [0.25, 0.3) is 5.69 Å². The van der Waals surface area contributed by atoms with Crippen LogP contribution in [0.15, 0.2) is 24.3 Å². The predicted octanol–water partition coefficient (Wildman–Crippen LogP) is 3.11. The van der Waals surface area contributed by atoms with Crippen molar-refractivity contribution >= 4 is 28.9 Å². The van der Waals surface area contributed by atoms with E-state index in [1.54, 1.807) is 16.4 Å². The van der Waals surface area contributed by atoms with Gasteiger partial charge in [0.15, 0.2) is 0 Å². The number of anilines is 1. The Morgan fingerprint density at radius 2 is 2.26 bits per heavy atom. The van der Waals surface area contributed by atoms with Crippen LogP contribution in [-0.2, 0) is 4.74 Å². The number of nitro groups is 1. The molecule has 0 unspecified atom stereocenters. The van der Waals surface area contributed by atoms with Crippen molar-refractivity contribution in [2.75, 3.05) is 30.8 Å². The maximum atomic E-state index is 11.1. The Morgan fingerprint density at radius 3 is 2.84 bits per heavy atom. The Balaban J connectivity index is 2.42. The van der Waals surface area contributed by atoms with E-state index in [0.29, 0.717) is 12.3 Å². The predicted molar refractivity (Wildman–Crippen MR) is 78.4 cm³/mol. The van der Waals surface area contributed by atoms with Gasteiger partial charge < -0.3 is 9.04 Å². The summed E-state index contributed by atoms with van der Waals surface area (Å²) in [6.07, 6.45) is 4.91. The van der Waals surface area contributed by atoms with Crippen LogP contribution < -0.4 is 4.31 Å². The van der Waals surface area contributed by atoms with Crippen molar-refractivity contribution in [3.05, 3.63) is 40.0 Å². The van der Waals surface area contributed by atoms with Crippen molar-refractivity contribution in [2.45, 2.75) is 6.42 Å². The van der Waals surface area contributed by atoms with Crippen LogP contribution in [0.2, 0.25) is 0 Å². The lowest BCUT2D eigenvalue weighted by Gasteiger charge is -2.18. The molecule has 0 N–H and O–H groups in total. The SMILES string of the molecule is CSN(C)c1cc(C2=CCCOC2)ccc1[N+](=O)[O-]. The van der Waals surface area contributed by atoms with Gasteiger partial charge in [-0.15, -0.1) is 0 Å². The first kappa shape index (κ1) is 13.9. The van der Waals surface area contributed by atoms with Crippen LogP contribution in [0.25, 0.3) is 5.57 Å².